The summed E-state index contributed by atoms with van der Waals surface area (Å²) >= 11 is 0. The van der Waals surface area contributed by atoms with E-state index < -0.39 is 0 Å². The van der Waals surface area contributed by atoms with Gasteiger partial charge in [0.1, 0.15) is 11.6 Å². The van der Waals surface area contributed by atoms with E-state index in [1.807, 2.05) is 6.92 Å². The summed E-state index contributed by atoms with van der Waals surface area (Å²) in [7, 11) is 1.65. The molecular formula is C15H25FIN3O2. The van der Waals surface area contributed by atoms with Crippen LogP contribution in [0, 0.1) is 5.82 Å². The number of benzene rings is 1. The molecular weight excluding hydrogens is 400 g/mol. The second kappa shape index (κ2) is 12.5. The van der Waals surface area contributed by atoms with E-state index in [1.54, 1.807) is 19.2 Å². The summed E-state index contributed by atoms with van der Waals surface area (Å²) in [6.07, 6.45) is 1.74. The Morgan fingerprint density at radius 1 is 1.32 bits per heavy atom. The number of ether oxygens (including phenoxy) is 2. The van der Waals surface area contributed by atoms with Crippen LogP contribution in [-0.4, -0.2) is 38.9 Å². The van der Waals surface area contributed by atoms with Crippen molar-refractivity contribution in [2.75, 3.05) is 26.9 Å². The highest BCUT2D eigenvalue weighted by Gasteiger charge is 2.01. The monoisotopic (exact) mass is 425 g/mol. The number of aliphatic imine (C=N–C) groups is 1. The van der Waals surface area contributed by atoms with Crippen LogP contribution in [0.3, 0.4) is 0 Å². The van der Waals surface area contributed by atoms with Crippen molar-refractivity contribution in [1.29, 1.82) is 0 Å². The molecule has 126 valence electrons. The molecule has 0 saturated heterocycles. The average molecular weight is 425 g/mol. The number of unbranched alkanes of at least 4 members (excludes halogenated alkanes) is 1. The van der Waals surface area contributed by atoms with Crippen molar-refractivity contribution >= 4 is 29.9 Å². The van der Waals surface area contributed by atoms with Crippen LogP contribution in [0.25, 0.3) is 0 Å². The number of rotatable bonds is 9. The Morgan fingerprint density at radius 2 is 2.00 bits per heavy atom. The first-order valence-electron chi connectivity index (χ1n) is 7.05. The zero-order valence-electron chi connectivity index (χ0n) is 13.0. The van der Waals surface area contributed by atoms with E-state index in [0.717, 1.165) is 12.8 Å². The fourth-order valence-electron chi connectivity index (χ4n) is 1.72. The summed E-state index contributed by atoms with van der Waals surface area (Å²) in [5.41, 5.74) is 5.74. The number of nitrogens with zero attached hydrogens (tertiary/aromatic N) is 1. The van der Waals surface area contributed by atoms with E-state index in [1.165, 1.54) is 12.1 Å². The van der Waals surface area contributed by atoms with Crippen molar-refractivity contribution < 1.29 is 13.9 Å². The molecule has 0 spiro atoms. The van der Waals surface area contributed by atoms with Gasteiger partial charge in [-0.15, -0.1) is 24.0 Å². The molecule has 0 amide bonds. The van der Waals surface area contributed by atoms with E-state index in [9.17, 15) is 4.39 Å². The quantitative estimate of drug-likeness (QED) is 0.276. The maximum Gasteiger partial charge on any atom is 0.188 e. The lowest BCUT2D eigenvalue weighted by Crippen LogP contribution is -2.40. The third kappa shape index (κ3) is 9.78. The summed E-state index contributed by atoms with van der Waals surface area (Å²) in [5, 5.41) is 3.04. The predicted octanol–water partition coefficient (Wildman–Crippen LogP) is 2.54. The highest BCUT2D eigenvalue weighted by atomic mass is 127. The Bertz CT molecular complexity index is 429. The SMILES string of the molecule is COCC(C)NC(N)=NCCCCOc1ccc(F)cc1.I. The number of nitrogens with one attached hydrogen (secondary N) is 1. The Balaban J connectivity index is 0.00000441. The number of halogens is 2. The van der Waals surface area contributed by atoms with Crippen molar-refractivity contribution in [3.8, 4) is 5.75 Å². The molecule has 22 heavy (non-hydrogen) atoms. The van der Waals surface area contributed by atoms with E-state index in [2.05, 4.69) is 10.3 Å². The van der Waals surface area contributed by atoms with Crippen molar-refractivity contribution in [2.45, 2.75) is 25.8 Å². The topological polar surface area (TPSA) is 68.9 Å². The minimum Gasteiger partial charge on any atom is -0.494 e. The van der Waals surface area contributed by atoms with Crippen LogP contribution in [0.2, 0.25) is 0 Å². The van der Waals surface area contributed by atoms with Crippen molar-refractivity contribution in [2.24, 2.45) is 10.7 Å². The second-order valence-corrected chi connectivity index (χ2v) is 4.78. The molecule has 0 saturated carbocycles. The molecule has 0 aliphatic carbocycles. The van der Waals surface area contributed by atoms with Gasteiger partial charge in [-0.25, -0.2) is 4.39 Å². The van der Waals surface area contributed by atoms with Crippen LogP contribution in [0.15, 0.2) is 29.3 Å². The smallest absolute Gasteiger partial charge is 0.188 e. The molecule has 0 fully saturated rings. The third-order valence-electron chi connectivity index (χ3n) is 2.73. The molecule has 0 heterocycles. The number of hydrogen-bond acceptors (Lipinski definition) is 3. The molecule has 0 aliphatic rings. The number of nitrogens with two attached hydrogens (primary N) is 1. The van der Waals surface area contributed by atoms with Crippen LogP contribution in [0.4, 0.5) is 4.39 Å². The zero-order valence-corrected chi connectivity index (χ0v) is 15.4. The molecule has 1 rings (SSSR count). The Kier molecular flexibility index (Phi) is 11.8. The van der Waals surface area contributed by atoms with E-state index in [-0.39, 0.29) is 35.8 Å². The fourth-order valence-corrected chi connectivity index (χ4v) is 1.72. The molecule has 1 atom stereocenters. The minimum atomic E-state index is -0.262. The molecule has 7 heteroatoms. The molecule has 1 aromatic carbocycles. The van der Waals surface area contributed by atoms with Gasteiger partial charge in [0, 0.05) is 19.7 Å². The minimum absolute atomic E-state index is 0. The molecule has 5 nitrogen and oxygen atoms in total. The normalized spacial score (nSPS) is 12.4. The maximum absolute atomic E-state index is 12.7. The lowest BCUT2D eigenvalue weighted by Gasteiger charge is -2.13. The average Bonchev–Trinajstić information content (AvgIpc) is 2.44. The zero-order chi connectivity index (χ0) is 15.5. The standard InChI is InChI=1S/C15H24FN3O2.HI/c1-12(11-20-2)19-15(17)18-9-3-4-10-21-14-7-5-13(16)6-8-14;/h5-8,12H,3-4,9-11H2,1-2H3,(H3,17,18,19);1H. The summed E-state index contributed by atoms with van der Waals surface area (Å²) in [5.74, 6) is 0.843. The van der Waals surface area contributed by atoms with Crippen LogP contribution in [0.1, 0.15) is 19.8 Å². The van der Waals surface area contributed by atoms with Gasteiger partial charge in [0.2, 0.25) is 0 Å². The lowest BCUT2D eigenvalue weighted by atomic mass is 10.3. The largest absolute Gasteiger partial charge is 0.494 e. The molecule has 0 radical (unpaired) electrons. The van der Waals surface area contributed by atoms with E-state index in [4.69, 9.17) is 15.2 Å². The van der Waals surface area contributed by atoms with Crippen LogP contribution < -0.4 is 15.8 Å². The lowest BCUT2D eigenvalue weighted by molar-refractivity contribution is 0.179. The first-order valence-corrected chi connectivity index (χ1v) is 7.05. The number of methoxy groups -OCH3 is 1. The van der Waals surface area contributed by atoms with E-state index >= 15 is 0 Å². The van der Waals surface area contributed by atoms with Gasteiger partial charge in [0.25, 0.3) is 0 Å². The van der Waals surface area contributed by atoms with Gasteiger partial charge < -0.3 is 20.5 Å². The molecule has 0 bridgehead atoms. The van der Waals surface area contributed by atoms with Gasteiger partial charge in [-0.3, -0.25) is 4.99 Å². The molecule has 1 aromatic rings. The third-order valence-corrected chi connectivity index (χ3v) is 2.73. The predicted molar refractivity (Wildman–Crippen MR) is 97.5 cm³/mol. The van der Waals surface area contributed by atoms with Crippen molar-refractivity contribution in [3.05, 3.63) is 30.1 Å². The Morgan fingerprint density at radius 3 is 2.64 bits per heavy atom. The van der Waals surface area contributed by atoms with Gasteiger partial charge in [-0.2, -0.15) is 0 Å². The second-order valence-electron chi connectivity index (χ2n) is 4.78. The number of hydrogen-bond donors (Lipinski definition) is 2. The van der Waals surface area contributed by atoms with Gasteiger partial charge in [0.15, 0.2) is 5.96 Å². The van der Waals surface area contributed by atoms with Crippen LogP contribution in [0.5, 0.6) is 5.75 Å². The summed E-state index contributed by atoms with van der Waals surface area (Å²) < 4.78 is 23.2. The van der Waals surface area contributed by atoms with Gasteiger partial charge in [-0.05, 0) is 44.0 Å². The molecule has 0 aromatic heterocycles. The Hall–Kier alpha value is -1.09. The Labute approximate surface area is 148 Å². The summed E-state index contributed by atoms with van der Waals surface area (Å²) in [4.78, 5) is 4.23. The molecule has 1 unspecified atom stereocenters. The highest BCUT2D eigenvalue weighted by molar-refractivity contribution is 14.0. The van der Waals surface area contributed by atoms with Crippen LogP contribution >= 0.6 is 24.0 Å². The summed E-state index contributed by atoms with van der Waals surface area (Å²) in [6.45, 7) is 3.78. The van der Waals surface area contributed by atoms with Crippen molar-refractivity contribution in [1.82, 2.24) is 5.32 Å². The summed E-state index contributed by atoms with van der Waals surface area (Å²) in [6, 6.07) is 6.14. The first kappa shape index (κ1) is 20.9. The maximum atomic E-state index is 12.7. The van der Waals surface area contributed by atoms with Gasteiger partial charge in [-0.1, -0.05) is 0 Å². The molecule has 3 N–H and O–H groups in total. The number of guanidine groups is 1. The highest BCUT2D eigenvalue weighted by Crippen LogP contribution is 2.11. The molecule has 0 aliphatic heterocycles. The van der Waals surface area contributed by atoms with E-state index in [0.29, 0.717) is 31.5 Å². The van der Waals surface area contributed by atoms with Crippen LogP contribution in [-0.2, 0) is 4.74 Å². The fraction of sp³-hybridized carbons (Fsp3) is 0.533. The van der Waals surface area contributed by atoms with Gasteiger partial charge in [0.05, 0.1) is 13.2 Å². The van der Waals surface area contributed by atoms with Gasteiger partial charge >= 0.3 is 0 Å². The van der Waals surface area contributed by atoms with Crippen molar-refractivity contribution in [3.63, 3.8) is 0 Å². The first-order chi connectivity index (χ1) is 10.1.